The molecule has 1 aromatic carbocycles. The van der Waals surface area contributed by atoms with Crippen LogP contribution in [-0.4, -0.2) is 96.4 Å². The third-order valence-corrected chi connectivity index (χ3v) is 7.56. The molecule has 8 nitrogen and oxygen atoms in total. The number of rotatable bonds is 8. The van der Waals surface area contributed by atoms with Gasteiger partial charge in [0.2, 0.25) is 0 Å². The van der Waals surface area contributed by atoms with Gasteiger partial charge in [0, 0.05) is 50.0 Å². The largest absolute Gasteiger partial charge is 0.379 e. The molecule has 4 heterocycles. The first-order valence-corrected chi connectivity index (χ1v) is 13.5. The Bertz CT molecular complexity index is 1130. The molecule has 0 unspecified atom stereocenters. The number of likely N-dealkylation sites (tertiary alicyclic amines) is 1. The van der Waals surface area contributed by atoms with Crippen LogP contribution in [0.15, 0.2) is 30.5 Å². The lowest BCUT2D eigenvalue weighted by Crippen LogP contribution is -2.47. The molecule has 0 spiro atoms. The van der Waals surface area contributed by atoms with E-state index in [0.29, 0.717) is 22.8 Å². The van der Waals surface area contributed by atoms with Crippen molar-refractivity contribution in [2.24, 2.45) is 0 Å². The molecule has 0 saturated carbocycles. The standard InChI is InChI=1S/C27H38ClN7O/c1-19(2)36-17-16-34-12-14-35(15-13-34)22-6-4-20(5-7-22)26-31-25-24(23(28)18-29-27(25)32-26)30-21-8-10-33(3)11-9-21/h4-7,18-19,21H,8-17H2,1-3H3,(H2,29,30,31,32). The van der Waals surface area contributed by atoms with Crippen molar-refractivity contribution in [2.45, 2.75) is 38.8 Å². The number of imidazole rings is 1. The van der Waals surface area contributed by atoms with E-state index in [0.717, 1.165) is 87.9 Å². The van der Waals surface area contributed by atoms with Crippen LogP contribution < -0.4 is 10.2 Å². The summed E-state index contributed by atoms with van der Waals surface area (Å²) in [5, 5.41) is 4.29. The SMILES string of the molecule is CC(C)OCCN1CCN(c2ccc(-c3nc4ncc(Cl)c(NC5CCN(C)CC5)c4[nH]3)cc2)CC1. The van der Waals surface area contributed by atoms with Crippen LogP contribution in [0.2, 0.25) is 5.02 Å². The van der Waals surface area contributed by atoms with Gasteiger partial charge in [-0.2, -0.15) is 0 Å². The number of ether oxygens (including phenoxy) is 1. The maximum absolute atomic E-state index is 6.57. The normalized spacial score (nSPS) is 18.4. The van der Waals surface area contributed by atoms with E-state index in [2.05, 4.69) is 75.1 Å². The highest BCUT2D eigenvalue weighted by molar-refractivity contribution is 6.34. The summed E-state index contributed by atoms with van der Waals surface area (Å²) in [5.74, 6) is 0.813. The molecule has 0 atom stereocenters. The molecule has 36 heavy (non-hydrogen) atoms. The molecule has 9 heteroatoms. The maximum atomic E-state index is 6.57. The number of piperazine rings is 1. The summed E-state index contributed by atoms with van der Waals surface area (Å²) in [6, 6.07) is 9.07. The second kappa shape index (κ2) is 11.3. The summed E-state index contributed by atoms with van der Waals surface area (Å²) in [6.45, 7) is 12.3. The van der Waals surface area contributed by atoms with Gasteiger partial charge in [0.05, 0.1) is 29.6 Å². The Morgan fingerprint density at radius 3 is 2.50 bits per heavy atom. The molecule has 5 rings (SSSR count). The first kappa shape index (κ1) is 25.3. The van der Waals surface area contributed by atoms with Crippen molar-refractivity contribution in [1.82, 2.24) is 24.8 Å². The number of halogens is 1. The van der Waals surface area contributed by atoms with Crippen molar-refractivity contribution < 1.29 is 4.74 Å². The monoisotopic (exact) mass is 511 g/mol. The maximum Gasteiger partial charge on any atom is 0.180 e. The van der Waals surface area contributed by atoms with Gasteiger partial charge in [-0.1, -0.05) is 11.6 Å². The number of anilines is 2. The number of hydrogen-bond acceptors (Lipinski definition) is 7. The topological polar surface area (TPSA) is 72.6 Å². The Kier molecular flexibility index (Phi) is 7.96. The number of H-pyrrole nitrogens is 1. The number of fused-ring (bicyclic) bond motifs is 1. The zero-order valence-electron chi connectivity index (χ0n) is 21.6. The number of nitrogens with one attached hydrogen (secondary N) is 2. The quantitative estimate of drug-likeness (QED) is 0.466. The molecule has 2 aliphatic rings. The average molecular weight is 512 g/mol. The molecular formula is C27H38ClN7O. The Morgan fingerprint density at radius 1 is 1.08 bits per heavy atom. The fourth-order valence-corrected chi connectivity index (χ4v) is 5.24. The Labute approximate surface area is 219 Å². The molecule has 0 aliphatic carbocycles. The third-order valence-electron chi connectivity index (χ3n) is 7.28. The van der Waals surface area contributed by atoms with E-state index in [-0.39, 0.29) is 0 Å². The van der Waals surface area contributed by atoms with Gasteiger partial charge in [0.1, 0.15) is 11.3 Å². The lowest BCUT2D eigenvalue weighted by atomic mass is 10.1. The molecule has 3 aromatic rings. The highest BCUT2D eigenvalue weighted by atomic mass is 35.5. The molecule has 2 N–H and O–H groups in total. The molecule has 2 fully saturated rings. The zero-order chi connectivity index (χ0) is 25.1. The molecular weight excluding hydrogens is 474 g/mol. The minimum Gasteiger partial charge on any atom is -0.379 e. The zero-order valence-corrected chi connectivity index (χ0v) is 22.4. The van der Waals surface area contributed by atoms with E-state index in [1.54, 1.807) is 6.20 Å². The highest BCUT2D eigenvalue weighted by Gasteiger charge is 2.21. The first-order chi connectivity index (χ1) is 17.5. The number of aromatic nitrogens is 3. The summed E-state index contributed by atoms with van der Waals surface area (Å²) in [6.07, 6.45) is 4.19. The van der Waals surface area contributed by atoms with Gasteiger partial charge >= 0.3 is 0 Å². The van der Waals surface area contributed by atoms with Crippen molar-refractivity contribution in [3.8, 4) is 11.4 Å². The van der Waals surface area contributed by atoms with Crippen LogP contribution in [0.3, 0.4) is 0 Å². The smallest absolute Gasteiger partial charge is 0.180 e. The fraction of sp³-hybridized carbons (Fsp3) is 0.556. The van der Waals surface area contributed by atoms with Gasteiger partial charge in [-0.3, -0.25) is 4.90 Å². The number of hydrogen-bond donors (Lipinski definition) is 2. The second-order valence-electron chi connectivity index (χ2n) is 10.3. The molecule has 2 aliphatic heterocycles. The molecule has 0 amide bonds. The molecule has 2 aromatic heterocycles. The lowest BCUT2D eigenvalue weighted by molar-refractivity contribution is 0.0579. The van der Waals surface area contributed by atoms with E-state index < -0.39 is 0 Å². The summed E-state index contributed by atoms with van der Waals surface area (Å²) in [7, 11) is 2.17. The van der Waals surface area contributed by atoms with Gasteiger partial charge < -0.3 is 24.8 Å². The van der Waals surface area contributed by atoms with Crippen LogP contribution in [0.4, 0.5) is 11.4 Å². The Morgan fingerprint density at radius 2 is 1.81 bits per heavy atom. The van der Waals surface area contributed by atoms with Crippen LogP contribution in [0, 0.1) is 0 Å². The van der Waals surface area contributed by atoms with Crippen LogP contribution in [-0.2, 0) is 4.74 Å². The predicted octanol–water partition coefficient (Wildman–Crippen LogP) is 4.33. The number of piperidine rings is 1. The van der Waals surface area contributed by atoms with Gasteiger partial charge in [0.25, 0.3) is 0 Å². The fourth-order valence-electron chi connectivity index (χ4n) is 5.05. The Balaban J connectivity index is 1.24. The highest BCUT2D eigenvalue weighted by Crippen LogP contribution is 2.32. The Hall–Kier alpha value is -2.39. The van der Waals surface area contributed by atoms with Gasteiger partial charge in [-0.15, -0.1) is 0 Å². The minimum atomic E-state index is 0.298. The molecule has 2 saturated heterocycles. The summed E-state index contributed by atoms with van der Waals surface area (Å²) >= 11 is 6.57. The van der Waals surface area contributed by atoms with Crippen molar-refractivity contribution in [3.63, 3.8) is 0 Å². The third kappa shape index (κ3) is 5.94. The van der Waals surface area contributed by atoms with E-state index >= 15 is 0 Å². The van der Waals surface area contributed by atoms with Crippen LogP contribution >= 0.6 is 11.6 Å². The van der Waals surface area contributed by atoms with E-state index in [1.807, 2.05) is 0 Å². The average Bonchev–Trinajstić information content (AvgIpc) is 3.32. The second-order valence-corrected chi connectivity index (χ2v) is 10.7. The summed E-state index contributed by atoms with van der Waals surface area (Å²) in [4.78, 5) is 20.0. The van der Waals surface area contributed by atoms with Crippen molar-refractivity contribution >= 4 is 34.1 Å². The first-order valence-electron chi connectivity index (χ1n) is 13.1. The molecule has 0 radical (unpaired) electrons. The van der Waals surface area contributed by atoms with Crippen molar-refractivity contribution in [1.29, 1.82) is 0 Å². The van der Waals surface area contributed by atoms with Crippen LogP contribution in [0.25, 0.3) is 22.6 Å². The predicted molar refractivity (Wildman–Crippen MR) is 148 cm³/mol. The van der Waals surface area contributed by atoms with Crippen molar-refractivity contribution in [3.05, 3.63) is 35.5 Å². The lowest BCUT2D eigenvalue weighted by Gasteiger charge is -2.36. The number of nitrogens with zero attached hydrogens (tertiary/aromatic N) is 5. The number of aromatic amines is 1. The van der Waals surface area contributed by atoms with Crippen LogP contribution in [0.5, 0.6) is 0 Å². The van der Waals surface area contributed by atoms with Gasteiger partial charge in [-0.05, 0) is 71.1 Å². The van der Waals surface area contributed by atoms with Gasteiger partial charge in [-0.25, -0.2) is 9.97 Å². The van der Waals surface area contributed by atoms with E-state index in [9.17, 15) is 0 Å². The van der Waals surface area contributed by atoms with E-state index in [4.69, 9.17) is 21.3 Å². The molecule has 194 valence electrons. The van der Waals surface area contributed by atoms with Crippen LogP contribution in [0.1, 0.15) is 26.7 Å². The van der Waals surface area contributed by atoms with Gasteiger partial charge in [0.15, 0.2) is 5.65 Å². The van der Waals surface area contributed by atoms with Crippen molar-refractivity contribution in [2.75, 3.05) is 69.7 Å². The summed E-state index contributed by atoms with van der Waals surface area (Å²) in [5.41, 5.74) is 4.76. The molecule has 0 bridgehead atoms. The summed E-state index contributed by atoms with van der Waals surface area (Å²) < 4.78 is 5.71. The number of pyridine rings is 1. The minimum absolute atomic E-state index is 0.298. The van der Waals surface area contributed by atoms with E-state index in [1.165, 1.54) is 5.69 Å². The number of benzene rings is 1.